The van der Waals surface area contributed by atoms with Crippen molar-refractivity contribution in [1.82, 2.24) is 29.7 Å². The van der Waals surface area contributed by atoms with Crippen LogP contribution < -0.4 is 10.2 Å². The van der Waals surface area contributed by atoms with E-state index in [9.17, 15) is 4.79 Å². The van der Waals surface area contributed by atoms with Crippen LogP contribution in [0.25, 0.3) is 10.5 Å². The van der Waals surface area contributed by atoms with Crippen LogP contribution in [0.2, 0.25) is 0 Å². The largest absolute Gasteiger partial charge is 0.326 e. The molecule has 0 unspecified atom stereocenters. The van der Waals surface area contributed by atoms with Gasteiger partial charge in [0.2, 0.25) is 0 Å². The zero-order valence-corrected chi connectivity index (χ0v) is 18.8. The van der Waals surface area contributed by atoms with Gasteiger partial charge < -0.3 is 4.90 Å². The number of thiazole rings is 1. The highest BCUT2D eigenvalue weighted by atomic mass is 32.1. The fourth-order valence-electron chi connectivity index (χ4n) is 3.81. The molecule has 5 heterocycles. The Morgan fingerprint density at radius 3 is 3.00 bits per heavy atom. The smallest absolute Gasteiger partial charge is 0.261 e. The number of hydrogen-bond donors (Lipinski definition) is 1. The molecule has 0 radical (unpaired) electrons. The number of rotatable bonds is 3. The molecule has 33 heavy (non-hydrogen) atoms. The number of amides is 1. The predicted molar refractivity (Wildman–Crippen MR) is 126 cm³/mol. The van der Waals surface area contributed by atoms with E-state index < -0.39 is 0 Å². The van der Waals surface area contributed by atoms with Crippen molar-refractivity contribution in [1.29, 1.82) is 0 Å². The maximum atomic E-state index is 13.3. The predicted octanol–water partition coefficient (Wildman–Crippen LogP) is 3.54. The molecular weight excluding hydrogens is 436 g/mol. The SMILES string of the molecule is Cc1cc(N2CCCn3nccc32)c(C(=O)Nc2nc3ncc(C#CC4CC4)nc3s2)cn1. The molecule has 4 aromatic rings. The summed E-state index contributed by atoms with van der Waals surface area (Å²) in [7, 11) is 0. The molecule has 4 aromatic heterocycles. The molecule has 10 heteroatoms. The van der Waals surface area contributed by atoms with Crippen LogP contribution in [0, 0.1) is 24.7 Å². The number of hydrogen-bond acceptors (Lipinski definition) is 8. The fourth-order valence-corrected chi connectivity index (χ4v) is 4.60. The zero-order valence-electron chi connectivity index (χ0n) is 17.9. The summed E-state index contributed by atoms with van der Waals surface area (Å²) in [5, 5.41) is 7.73. The van der Waals surface area contributed by atoms with E-state index in [4.69, 9.17) is 0 Å². The van der Waals surface area contributed by atoms with E-state index >= 15 is 0 Å². The van der Waals surface area contributed by atoms with Gasteiger partial charge in [-0.25, -0.2) is 14.6 Å². The Bertz CT molecular complexity index is 1440. The second-order valence-corrected chi connectivity index (χ2v) is 9.14. The van der Waals surface area contributed by atoms with Crippen LogP contribution in [0.15, 0.2) is 30.7 Å². The lowest BCUT2D eigenvalue weighted by atomic mass is 10.1. The quantitative estimate of drug-likeness (QED) is 0.471. The fraction of sp³-hybridized carbons (Fsp3) is 0.304. The van der Waals surface area contributed by atoms with Gasteiger partial charge in [0.25, 0.3) is 5.91 Å². The van der Waals surface area contributed by atoms with Crippen molar-refractivity contribution < 1.29 is 4.79 Å². The third kappa shape index (κ3) is 3.91. The Kier molecular flexibility index (Phi) is 4.77. The lowest BCUT2D eigenvalue weighted by Crippen LogP contribution is -2.30. The van der Waals surface area contributed by atoms with Crippen molar-refractivity contribution in [2.75, 3.05) is 16.8 Å². The van der Waals surface area contributed by atoms with Crippen LogP contribution in [0.1, 0.15) is 41.0 Å². The number of carbonyl (C=O) groups excluding carboxylic acids is 1. The molecule has 2 aliphatic rings. The van der Waals surface area contributed by atoms with Crippen molar-refractivity contribution in [2.24, 2.45) is 5.92 Å². The summed E-state index contributed by atoms with van der Waals surface area (Å²) < 4.78 is 1.95. The Hall–Kier alpha value is -3.84. The molecule has 164 valence electrons. The van der Waals surface area contributed by atoms with Crippen LogP contribution in [0.3, 0.4) is 0 Å². The van der Waals surface area contributed by atoms with Gasteiger partial charge in [-0.05, 0) is 38.2 Å². The number of nitrogens with zero attached hydrogens (tertiary/aromatic N) is 7. The Morgan fingerprint density at radius 2 is 2.12 bits per heavy atom. The third-order valence-corrected chi connectivity index (χ3v) is 6.46. The van der Waals surface area contributed by atoms with E-state index in [-0.39, 0.29) is 5.91 Å². The first-order valence-corrected chi connectivity index (χ1v) is 11.7. The molecule has 1 aliphatic heterocycles. The molecule has 6 rings (SSSR count). The summed E-state index contributed by atoms with van der Waals surface area (Å²) >= 11 is 1.29. The van der Waals surface area contributed by atoms with Crippen molar-refractivity contribution >= 4 is 44.4 Å². The van der Waals surface area contributed by atoms with Crippen molar-refractivity contribution in [3.8, 4) is 11.8 Å². The van der Waals surface area contributed by atoms with Gasteiger partial charge in [-0.3, -0.25) is 15.1 Å². The standard InChI is InChI=1S/C23H20N8OS/c1-14-11-18(30-9-2-10-31-19(30)7-8-26-31)17(13-24-14)21(32)29-23-28-20-22(33-23)27-16(12-25-20)6-5-15-3-4-15/h7-8,11-13,15H,2-4,9-10H2,1H3,(H,25,28,29,32). The summed E-state index contributed by atoms with van der Waals surface area (Å²) in [6.45, 7) is 3.58. The van der Waals surface area contributed by atoms with Gasteiger partial charge in [-0.15, -0.1) is 0 Å². The second-order valence-electron chi connectivity index (χ2n) is 8.16. The number of aromatic nitrogens is 6. The number of carbonyl (C=O) groups is 1. The highest BCUT2D eigenvalue weighted by Gasteiger charge is 2.24. The first-order chi connectivity index (χ1) is 16.1. The third-order valence-electron chi connectivity index (χ3n) is 5.60. The number of nitrogens with one attached hydrogen (secondary N) is 1. The molecule has 1 aliphatic carbocycles. The number of aryl methyl sites for hydroxylation is 2. The molecule has 9 nitrogen and oxygen atoms in total. The molecule has 0 bridgehead atoms. The maximum Gasteiger partial charge on any atom is 0.261 e. The van der Waals surface area contributed by atoms with Gasteiger partial charge in [0.15, 0.2) is 15.6 Å². The van der Waals surface area contributed by atoms with E-state index in [1.165, 1.54) is 11.3 Å². The first kappa shape index (κ1) is 19.8. The van der Waals surface area contributed by atoms with Crippen molar-refractivity contribution in [3.63, 3.8) is 0 Å². The first-order valence-electron chi connectivity index (χ1n) is 10.9. The topological polar surface area (TPSA) is 102 Å². The van der Waals surface area contributed by atoms with E-state index in [0.717, 1.165) is 49.6 Å². The van der Waals surface area contributed by atoms with Crippen LogP contribution >= 0.6 is 11.3 Å². The number of anilines is 3. The highest BCUT2D eigenvalue weighted by molar-refractivity contribution is 7.21. The summed E-state index contributed by atoms with van der Waals surface area (Å²) in [6.07, 6.45) is 8.30. The Labute approximate surface area is 193 Å². The normalized spacial score (nSPS) is 15.1. The van der Waals surface area contributed by atoms with E-state index in [2.05, 4.69) is 47.1 Å². The molecule has 1 saturated carbocycles. The lowest BCUT2D eigenvalue weighted by molar-refractivity contribution is 0.102. The minimum absolute atomic E-state index is 0.276. The summed E-state index contributed by atoms with van der Waals surface area (Å²) in [5.41, 5.74) is 3.24. The zero-order chi connectivity index (χ0) is 22.4. The van der Waals surface area contributed by atoms with Gasteiger partial charge in [0.1, 0.15) is 11.5 Å². The molecule has 1 fully saturated rings. The monoisotopic (exact) mass is 456 g/mol. The van der Waals surface area contributed by atoms with Crippen LogP contribution in [-0.2, 0) is 6.54 Å². The van der Waals surface area contributed by atoms with Crippen LogP contribution in [-0.4, -0.2) is 42.2 Å². The molecular formula is C23H20N8OS. The molecule has 0 aromatic carbocycles. The van der Waals surface area contributed by atoms with E-state index in [1.54, 1.807) is 18.6 Å². The average Bonchev–Trinajstić information content (AvgIpc) is 3.36. The minimum atomic E-state index is -0.276. The van der Waals surface area contributed by atoms with Crippen LogP contribution in [0.4, 0.5) is 16.6 Å². The maximum absolute atomic E-state index is 13.3. The Morgan fingerprint density at radius 1 is 1.21 bits per heavy atom. The highest BCUT2D eigenvalue weighted by Crippen LogP contribution is 2.33. The summed E-state index contributed by atoms with van der Waals surface area (Å²) in [5.74, 6) is 7.45. The molecule has 1 amide bonds. The number of pyridine rings is 1. The minimum Gasteiger partial charge on any atom is -0.326 e. The van der Waals surface area contributed by atoms with Gasteiger partial charge in [-0.1, -0.05) is 17.3 Å². The average molecular weight is 457 g/mol. The molecule has 0 atom stereocenters. The lowest BCUT2D eigenvalue weighted by Gasteiger charge is -2.30. The summed E-state index contributed by atoms with van der Waals surface area (Å²) in [6, 6.07) is 3.90. The number of fused-ring (bicyclic) bond motifs is 2. The molecule has 1 N–H and O–H groups in total. The second kappa shape index (κ2) is 7.94. The van der Waals surface area contributed by atoms with Gasteiger partial charge in [-0.2, -0.15) is 10.1 Å². The van der Waals surface area contributed by atoms with E-state index in [0.29, 0.717) is 32.8 Å². The van der Waals surface area contributed by atoms with Gasteiger partial charge in [0, 0.05) is 37.0 Å². The van der Waals surface area contributed by atoms with Gasteiger partial charge in [0.05, 0.1) is 23.6 Å². The summed E-state index contributed by atoms with van der Waals surface area (Å²) in [4.78, 5) is 33.7. The van der Waals surface area contributed by atoms with Crippen molar-refractivity contribution in [2.45, 2.75) is 32.7 Å². The molecule has 0 saturated heterocycles. The molecule has 0 spiro atoms. The van der Waals surface area contributed by atoms with Gasteiger partial charge >= 0.3 is 0 Å². The Balaban J connectivity index is 1.29. The van der Waals surface area contributed by atoms with E-state index in [1.807, 2.05) is 23.7 Å². The van der Waals surface area contributed by atoms with Crippen molar-refractivity contribution in [3.05, 3.63) is 47.7 Å². The van der Waals surface area contributed by atoms with Crippen LogP contribution in [0.5, 0.6) is 0 Å².